The van der Waals surface area contributed by atoms with Gasteiger partial charge in [-0.1, -0.05) is 84.0 Å². The Hall–Kier alpha value is -3.03. The summed E-state index contributed by atoms with van der Waals surface area (Å²) in [5.74, 6) is -0.549. The number of carbonyl (C=O) groups is 1. The number of ether oxygens (including phenoxy) is 2. The molecule has 0 aromatic heterocycles. The van der Waals surface area contributed by atoms with Crippen LogP contribution in [0, 0.1) is 40.9 Å². The Morgan fingerprint density at radius 1 is 1.15 bits per heavy atom. The molecule has 6 rings (SSSR count). The first-order valence-corrected chi connectivity index (χ1v) is 23.3. The first-order chi connectivity index (χ1) is 29.8. The van der Waals surface area contributed by atoms with Crippen LogP contribution in [0.25, 0.3) is 0 Å². The Balaban J connectivity index is 1.34. The molecule has 0 amide bonds. The van der Waals surface area contributed by atoms with Gasteiger partial charge in [-0.3, -0.25) is 4.79 Å². The minimum atomic E-state index is -1.26. The molecule has 1 spiro atoms. The van der Waals surface area contributed by atoms with Gasteiger partial charge in [-0.05, 0) is 144 Å². The van der Waals surface area contributed by atoms with Crippen LogP contribution in [0.15, 0.2) is 95.2 Å². The zero-order valence-electron chi connectivity index (χ0n) is 37.9. The lowest BCUT2D eigenvalue weighted by Crippen LogP contribution is -2.65. The zero-order valence-corrected chi connectivity index (χ0v) is 37.9. The Bertz CT molecular complexity index is 1850. The number of aliphatic hydroxyl groups is 5. The largest absolute Gasteiger partial charge is 0.396 e. The van der Waals surface area contributed by atoms with Crippen LogP contribution in [-0.2, 0) is 27.1 Å². The van der Waals surface area contributed by atoms with Gasteiger partial charge in [0.05, 0.1) is 31.5 Å². The number of aldehydes is 1. The molecule has 1 aliphatic heterocycles. The number of allylic oxidation sites excluding steroid dienone is 9. The quantitative estimate of drug-likeness (QED) is 0.0420. The Morgan fingerprint density at radius 2 is 1.95 bits per heavy atom. The molecule has 342 valence electrons. The van der Waals surface area contributed by atoms with Crippen LogP contribution in [0.2, 0.25) is 0 Å². The first-order valence-electron chi connectivity index (χ1n) is 23.3. The number of fused-ring (bicyclic) bond motifs is 6. The Morgan fingerprint density at radius 3 is 2.69 bits per heavy atom. The molecule has 0 radical (unpaired) electrons. The standard InChI is InChI=1S/C52H76N2O8/c1-35(46-27-37-10-7-11-38(25-37)28-50(3,21-24-61-5)54-30-39-12-8-13-41(46)26-39)9-6-14-43(33-62-34-44(58)32-57)45-17-19-52(49(45)59)48-40(18-23-55)15-16-42(47(48)36(2)31-56)29-51(52,60)20-22-53-4/h6-7,9-11,14-16,25-26,31,40-42,44-46,48-49,53-55,57-60H,1,8,12-13,17-24,27-30,32-34H2,2-5H3. The smallest absolute Gasteiger partial charge is 0.145 e. The molecule has 11 unspecified atom stereocenters. The van der Waals surface area contributed by atoms with E-state index in [0.717, 1.165) is 68.1 Å². The molecule has 1 aromatic rings. The molecule has 2 saturated carbocycles. The fourth-order valence-corrected chi connectivity index (χ4v) is 12.2. The second kappa shape index (κ2) is 21.8. The molecule has 62 heavy (non-hydrogen) atoms. The number of hydrogen-bond donors (Lipinski definition) is 7. The summed E-state index contributed by atoms with van der Waals surface area (Å²) in [6.07, 6.45) is 20.1. The minimum absolute atomic E-state index is 0.0510. The number of aliphatic hydroxyl groups excluding tert-OH is 4. The molecule has 1 heterocycles. The van der Waals surface area contributed by atoms with Crippen LogP contribution in [0.5, 0.6) is 0 Å². The van der Waals surface area contributed by atoms with E-state index >= 15 is 0 Å². The Labute approximate surface area is 371 Å². The molecule has 10 nitrogen and oxygen atoms in total. The summed E-state index contributed by atoms with van der Waals surface area (Å²) in [4.78, 5) is 12.5. The summed E-state index contributed by atoms with van der Waals surface area (Å²) >= 11 is 0. The van der Waals surface area contributed by atoms with E-state index < -0.39 is 35.7 Å². The number of carbonyl (C=O) groups excluding carboxylic acids is 1. The van der Waals surface area contributed by atoms with Gasteiger partial charge in [-0.25, -0.2) is 0 Å². The van der Waals surface area contributed by atoms with Crippen molar-refractivity contribution in [3.8, 4) is 0 Å². The predicted molar refractivity (Wildman–Crippen MR) is 245 cm³/mol. The van der Waals surface area contributed by atoms with Crippen molar-refractivity contribution in [2.24, 2.45) is 40.9 Å². The molecule has 2 fully saturated rings. The summed E-state index contributed by atoms with van der Waals surface area (Å²) in [7, 11) is 3.63. The molecule has 6 bridgehead atoms. The number of methoxy groups -OCH3 is 1. The minimum Gasteiger partial charge on any atom is -0.396 e. The highest BCUT2D eigenvalue weighted by Gasteiger charge is 2.68. The van der Waals surface area contributed by atoms with Crippen LogP contribution in [0.1, 0.15) is 82.8 Å². The van der Waals surface area contributed by atoms with E-state index in [-0.39, 0.29) is 49.0 Å². The Kier molecular flexibility index (Phi) is 17.0. The zero-order chi connectivity index (χ0) is 44.5. The fourth-order valence-electron chi connectivity index (χ4n) is 12.2. The average molecular weight is 857 g/mol. The van der Waals surface area contributed by atoms with Crippen molar-refractivity contribution in [3.63, 3.8) is 0 Å². The van der Waals surface area contributed by atoms with E-state index in [2.05, 4.69) is 72.7 Å². The van der Waals surface area contributed by atoms with Crippen molar-refractivity contribution in [2.75, 3.05) is 60.3 Å². The van der Waals surface area contributed by atoms with Gasteiger partial charge < -0.3 is 45.6 Å². The van der Waals surface area contributed by atoms with Crippen LogP contribution >= 0.6 is 0 Å². The summed E-state index contributed by atoms with van der Waals surface area (Å²) < 4.78 is 11.6. The van der Waals surface area contributed by atoms with E-state index in [9.17, 15) is 30.3 Å². The van der Waals surface area contributed by atoms with E-state index in [1.54, 1.807) is 7.11 Å². The maximum Gasteiger partial charge on any atom is 0.145 e. The molecule has 5 aliphatic rings. The van der Waals surface area contributed by atoms with Crippen LogP contribution in [0.4, 0.5) is 0 Å². The van der Waals surface area contributed by atoms with Gasteiger partial charge in [0.15, 0.2) is 0 Å². The molecular weight excluding hydrogens is 781 g/mol. The van der Waals surface area contributed by atoms with E-state index in [0.29, 0.717) is 56.7 Å². The molecule has 10 heteroatoms. The lowest BCUT2D eigenvalue weighted by molar-refractivity contribution is -0.194. The highest BCUT2D eigenvalue weighted by atomic mass is 16.5. The van der Waals surface area contributed by atoms with Gasteiger partial charge in [-0.15, -0.1) is 0 Å². The molecule has 11 atom stereocenters. The highest BCUT2D eigenvalue weighted by Crippen LogP contribution is 2.67. The summed E-state index contributed by atoms with van der Waals surface area (Å²) in [6, 6.07) is 8.99. The number of benzene rings is 1. The van der Waals surface area contributed by atoms with Crippen molar-refractivity contribution >= 4 is 6.29 Å². The number of nitrogens with one attached hydrogen (secondary N) is 2. The van der Waals surface area contributed by atoms with Gasteiger partial charge >= 0.3 is 0 Å². The van der Waals surface area contributed by atoms with E-state index in [1.807, 2.05) is 26.1 Å². The maximum atomic E-state index is 13.0. The van der Waals surface area contributed by atoms with Crippen molar-refractivity contribution in [3.05, 3.63) is 106 Å². The van der Waals surface area contributed by atoms with E-state index in [1.165, 1.54) is 16.7 Å². The molecule has 1 aromatic carbocycles. The second-order valence-electron chi connectivity index (χ2n) is 19.5. The summed E-state index contributed by atoms with van der Waals surface area (Å²) in [5, 5.41) is 63.2. The third-order valence-electron chi connectivity index (χ3n) is 15.4. The van der Waals surface area contributed by atoms with Crippen LogP contribution in [-0.4, -0.2) is 115 Å². The first kappa shape index (κ1) is 48.4. The number of rotatable bonds is 18. The highest BCUT2D eigenvalue weighted by molar-refractivity contribution is 5.74. The average Bonchev–Trinajstić information content (AvgIpc) is 3.62. The van der Waals surface area contributed by atoms with Gasteiger partial charge in [0.2, 0.25) is 0 Å². The third-order valence-corrected chi connectivity index (χ3v) is 15.4. The summed E-state index contributed by atoms with van der Waals surface area (Å²) in [5.41, 5.74) is 5.16. The SMILES string of the molecule is C=C(C=CC=C(COCC(O)CO)C1CCC2(C1O)C1C(=C(C)C=O)C(C=CC1CCO)CC2(O)CCNC)C1Cc2cccc(c2)CC(C)(CCOC)NCC2=CC1CCC2. The lowest BCUT2D eigenvalue weighted by atomic mass is 9.45. The molecule has 0 saturated heterocycles. The van der Waals surface area contributed by atoms with Gasteiger partial charge in [0, 0.05) is 49.7 Å². The topological polar surface area (TPSA) is 161 Å². The van der Waals surface area contributed by atoms with Gasteiger partial charge in [0.1, 0.15) is 12.4 Å². The van der Waals surface area contributed by atoms with E-state index in [4.69, 9.17) is 9.47 Å². The van der Waals surface area contributed by atoms with Crippen LogP contribution < -0.4 is 10.6 Å². The van der Waals surface area contributed by atoms with Crippen molar-refractivity contribution in [2.45, 2.75) is 108 Å². The second-order valence-corrected chi connectivity index (χ2v) is 19.5. The monoisotopic (exact) mass is 857 g/mol. The van der Waals surface area contributed by atoms with Crippen molar-refractivity contribution in [1.82, 2.24) is 10.6 Å². The predicted octanol–water partition coefficient (Wildman–Crippen LogP) is 5.74. The maximum absolute atomic E-state index is 13.0. The number of hydrogen-bond acceptors (Lipinski definition) is 10. The van der Waals surface area contributed by atoms with Gasteiger partial charge in [0.25, 0.3) is 0 Å². The lowest BCUT2D eigenvalue weighted by Gasteiger charge is -2.61. The van der Waals surface area contributed by atoms with Crippen molar-refractivity contribution in [1.29, 1.82) is 0 Å². The summed E-state index contributed by atoms with van der Waals surface area (Å²) in [6.45, 7) is 10.5. The molecular formula is C52H76N2O8. The van der Waals surface area contributed by atoms with Crippen LogP contribution in [0.3, 0.4) is 0 Å². The molecule has 4 aliphatic carbocycles. The third kappa shape index (κ3) is 10.6. The normalized spacial score (nSPS) is 35.0. The van der Waals surface area contributed by atoms with Gasteiger partial charge in [-0.2, -0.15) is 0 Å². The molecule has 7 N–H and O–H groups in total. The fraction of sp³-hybridized carbons (Fsp3) is 0.635. The van der Waals surface area contributed by atoms with Crippen molar-refractivity contribution < 1.29 is 39.8 Å².